The van der Waals surface area contributed by atoms with Gasteiger partial charge >= 0.3 is 0 Å². The number of rotatable bonds is 11. The van der Waals surface area contributed by atoms with Gasteiger partial charge in [0.1, 0.15) is 12.3 Å². The third-order valence-electron chi connectivity index (χ3n) is 4.76. The van der Waals surface area contributed by atoms with Crippen molar-refractivity contribution in [3.8, 4) is 5.75 Å². The molecular weight excluding hydrogens is 318 g/mol. The maximum absolute atomic E-state index is 5.79. The smallest absolute Gasteiger partial charge is 0.119 e. The van der Waals surface area contributed by atoms with Crippen molar-refractivity contribution < 1.29 is 10.1 Å². The summed E-state index contributed by atoms with van der Waals surface area (Å²) in [4.78, 5) is 0. The second-order valence-corrected chi connectivity index (χ2v) is 7.96. The molecule has 0 fully saturated rings. The van der Waals surface area contributed by atoms with E-state index in [2.05, 4.69) is 87.6 Å². The van der Waals surface area contributed by atoms with Crippen LogP contribution < -0.4 is 10.1 Å². The van der Waals surface area contributed by atoms with E-state index in [1.807, 2.05) is 0 Å². The van der Waals surface area contributed by atoms with Gasteiger partial charge in [0.05, 0.1) is 12.6 Å². The van der Waals surface area contributed by atoms with E-state index in [0.717, 1.165) is 18.2 Å². The molecule has 2 rings (SSSR count). The Morgan fingerprint density at radius 2 is 1.50 bits per heavy atom. The lowest BCUT2D eigenvalue weighted by molar-refractivity contribution is -0.671. The van der Waals surface area contributed by atoms with Gasteiger partial charge in [-0.25, -0.2) is 0 Å². The van der Waals surface area contributed by atoms with Gasteiger partial charge in [-0.2, -0.15) is 0 Å². The van der Waals surface area contributed by atoms with Crippen LogP contribution in [0, 0.1) is 5.92 Å². The first-order valence-corrected chi connectivity index (χ1v) is 10.2. The van der Waals surface area contributed by atoms with E-state index in [0.29, 0.717) is 5.92 Å². The summed E-state index contributed by atoms with van der Waals surface area (Å²) >= 11 is 0. The maximum atomic E-state index is 5.79. The summed E-state index contributed by atoms with van der Waals surface area (Å²) in [7, 11) is 0. The summed E-state index contributed by atoms with van der Waals surface area (Å²) in [6.45, 7) is 11.0. The lowest BCUT2D eigenvalue weighted by atomic mass is 9.88. The number of ether oxygens (including phenoxy) is 1. The van der Waals surface area contributed by atoms with Crippen molar-refractivity contribution in [2.24, 2.45) is 5.92 Å². The van der Waals surface area contributed by atoms with Crippen LogP contribution in [-0.4, -0.2) is 12.6 Å². The molecule has 0 spiro atoms. The minimum Gasteiger partial charge on any atom is -0.491 e. The zero-order valence-electron chi connectivity index (χ0n) is 16.9. The largest absolute Gasteiger partial charge is 0.491 e. The van der Waals surface area contributed by atoms with E-state index >= 15 is 0 Å². The topological polar surface area (TPSA) is 25.8 Å². The standard InChI is InChI=1S/C24H35NO/c1-19(2)10-11-23(16-17-25-18-21-8-6-5-7-9-21)22-12-14-24(15-13-22)26-20(3)4/h5-9,12-15,19-20,23,25H,10-11,16-18H2,1-4H3/p+1/t23-/m1/s1. The SMILES string of the molecule is CC(C)CC[C@H](CC[NH2+]Cc1ccccc1)c1ccc(OC(C)C)cc1. The van der Waals surface area contributed by atoms with Gasteiger partial charge < -0.3 is 10.1 Å². The van der Waals surface area contributed by atoms with Gasteiger partial charge in [0, 0.05) is 12.0 Å². The maximum Gasteiger partial charge on any atom is 0.119 e. The highest BCUT2D eigenvalue weighted by Gasteiger charge is 2.14. The van der Waals surface area contributed by atoms with E-state index in [1.165, 1.54) is 36.9 Å². The van der Waals surface area contributed by atoms with Gasteiger partial charge in [-0.05, 0) is 49.8 Å². The summed E-state index contributed by atoms with van der Waals surface area (Å²) in [5.41, 5.74) is 2.86. The first-order valence-electron chi connectivity index (χ1n) is 10.2. The van der Waals surface area contributed by atoms with Crippen molar-refractivity contribution in [2.75, 3.05) is 6.54 Å². The fourth-order valence-corrected chi connectivity index (χ4v) is 3.30. The predicted octanol–water partition coefficient (Wildman–Crippen LogP) is 5.15. The van der Waals surface area contributed by atoms with E-state index in [4.69, 9.17) is 4.74 Å². The van der Waals surface area contributed by atoms with Crippen molar-refractivity contribution in [1.29, 1.82) is 0 Å². The molecule has 0 heterocycles. The van der Waals surface area contributed by atoms with E-state index in [9.17, 15) is 0 Å². The molecule has 0 aromatic heterocycles. The van der Waals surface area contributed by atoms with Crippen LogP contribution in [0.15, 0.2) is 54.6 Å². The van der Waals surface area contributed by atoms with Gasteiger partial charge in [-0.1, -0.05) is 62.7 Å². The molecule has 0 unspecified atom stereocenters. The van der Waals surface area contributed by atoms with Gasteiger partial charge in [-0.3, -0.25) is 0 Å². The zero-order valence-corrected chi connectivity index (χ0v) is 16.9. The Balaban J connectivity index is 1.89. The van der Waals surface area contributed by atoms with E-state index < -0.39 is 0 Å². The van der Waals surface area contributed by atoms with Crippen LogP contribution in [0.25, 0.3) is 0 Å². The Kier molecular flexibility index (Phi) is 8.70. The third kappa shape index (κ3) is 7.61. The first kappa shape index (κ1) is 20.5. The van der Waals surface area contributed by atoms with Crippen molar-refractivity contribution in [3.63, 3.8) is 0 Å². The molecule has 0 radical (unpaired) electrons. The van der Waals surface area contributed by atoms with E-state index in [-0.39, 0.29) is 6.10 Å². The molecule has 26 heavy (non-hydrogen) atoms. The lowest BCUT2D eigenvalue weighted by Crippen LogP contribution is -2.82. The molecular formula is C24H36NO+. The summed E-state index contributed by atoms with van der Waals surface area (Å²) in [6, 6.07) is 19.5. The molecule has 2 heteroatoms. The molecule has 0 saturated heterocycles. The van der Waals surface area contributed by atoms with Crippen molar-refractivity contribution >= 4 is 0 Å². The summed E-state index contributed by atoms with van der Waals surface area (Å²) < 4.78 is 5.79. The normalized spacial score (nSPS) is 12.5. The molecule has 2 aromatic rings. The van der Waals surface area contributed by atoms with Crippen LogP contribution in [0.1, 0.15) is 64.0 Å². The molecule has 142 valence electrons. The van der Waals surface area contributed by atoms with Gasteiger partial charge in [0.25, 0.3) is 0 Å². The minimum absolute atomic E-state index is 0.227. The van der Waals surface area contributed by atoms with Crippen LogP contribution in [0.5, 0.6) is 5.75 Å². The number of benzene rings is 2. The van der Waals surface area contributed by atoms with Crippen molar-refractivity contribution in [1.82, 2.24) is 0 Å². The Bertz CT molecular complexity index is 604. The predicted molar refractivity (Wildman–Crippen MR) is 111 cm³/mol. The molecule has 0 bridgehead atoms. The fourth-order valence-electron chi connectivity index (χ4n) is 3.30. The highest BCUT2D eigenvalue weighted by molar-refractivity contribution is 5.29. The molecule has 2 N–H and O–H groups in total. The minimum atomic E-state index is 0.227. The van der Waals surface area contributed by atoms with E-state index in [1.54, 1.807) is 0 Å². The van der Waals surface area contributed by atoms with Crippen LogP contribution in [0.2, 0.25) is 0 Å². The van der Waals surface area contributed by atoms with Gasteiger partial charge in [0.2, 0.25) is 0 Å². The molecule has 1 atom stereocenters. The van der Waals surface area contributed by atoms with Gasteiger partial charge in [0.15, 0.2) is 0 Å². The number of nitrogens with two attached hydrogens (primary N) is 1. The average Bonchev–Trinajstić information content (AvgIpc) is 2.62. The summed E-state index contributed by atoms with van der Waals surface area (Å²) in [6.07, 6.45) is 4.00. The zero-order chi connectivity index (χ0) is 18.8. The second-order valence-electron chi connectivity index (χ2n) is 7.96. The van der Waals surface area contributed by atoms with Gasteiger partial charge in [-0.15, -0.1) is 0 Å². The van der Waals surface area contributed by atoms with Crippen molar-refractivity contribution in [2.45, 2.75) is 65.5 Å². The molecule has 2 aromatic carbocycles. The lowest BCUT2D eigenvalue weighted by Gasteiger charge is -2.19. The molecule has 0 amide bonds. The summed E-state index contributed by atoms with van der Waals surface area (Å²) in [5.74, 6) is 2.37. The third-order valence-corrected chi connectivity index (χ3v) is 4.76. The Hall–Kier alpha value is -1.80. The Morgan fingerprint density at radius 3 is 2.12 bits per heavy atom. The van der Waals surface area contributed by atoms with Crippen LogP contribution in [-0.2, 0) is 6.54 Å². The Labute approximate surface area is 160 Å². The van der Waals surface area contributed by atoms with Crippen LogP contribution in [0.4, 0.5) is 0 Å². The molecule has 0 aliphatic carbocycles. The monoisotopic (exact) mass is 354 g/mol. The molecule has 0 aliphatic heterocycles. The number of hydrogen-bond acceptors (Lipinski definition) is 1. The second kappa shape index (κ2) is 11.0. The summed E-state index contributed by atoms with van der Waals surface area (Å²) in [5, 5.41) is 2.44. The number of quaternary nitrogens is 1. The van der Waals surface area contributed by atoms with Crippen LogP contribution in [0.3, 0.4) is 0 Å². The average molecular weight is 355 g/mol. The molecule has 0 saturated carbocycles. The Morgan fingerprint density at radius 1 is 0.808 bits per heavy atom. The fraction of sp³-hybridized carbons (Fsp3) is 0.500. The molecule has 2 nitrogen and oxygen atoms in total. The highest BCUT2D eigenvalue weighted by Crippen LogP contribution is 2.28. The number of hydrogen-bond donors (Lipinski definition) is 1. The van der Waals surface area contributed by atoms with Crippen molar-refractivity contribution in [3.05, 3.63) is 65.7 Å². The quantitative estimate of drug-likeness (QED) is 0.555. The highest BCUT2D eigenvalue weighted by atomic mass is 16.5. The molecule has 0 aliphatic rings. The first-order chi connectivity index (χ1) is 12.5. The van der Waals surface area contributed by atoms with Crippen LogP contribution >= 0.6 is 0 Å².